The van der Waals surface area contributed by atoms with Crippen molar-refractivity contribution >= 4 is 26.6 Å². The van der Waals surface area contributed by atoms with Gasteiger partial charge < -0.3 is 5.11 Å². The van der Waals surface area contributed by atoms with Crippen molar-refractivity contribution in [1.82, 2.24) is 0 Å². The first-order valence-corrected chi connectivity index (χ1v) is 6.30. The number of fused-ring (bicyclic) bond motifs is 1. The van der Waals surface area contributed by atoms with Gasteiger partial charge in [0.2, 0.25) is 5.39 Å². The molecule has 6 nitrogen and oxygen atoms in total. The zero-order valence-corrected chi connectivity index (χ0v) is 10.1. The summed E-state index contributed by atoms with van der Waals surface area (Å²) in [4.78, 5) is 2.75. The minimum absolute atomic E-state index is 0.0934. The summed E-state index contributed by atoms with van der Waals surface area (Å²) in [5, 5.41) is 20.9. The highest BCUT2D eigenvalue weighted by molar-refractivity contribution is 7.87. The van der Waals surface area contributed by atoms with E-state index >= 15 is 0 Å². The topological polar surface area (TPSA) is 94.6 Å². The van der Waals surface area contributed by atoms with E-state index in [4.69, 9.17) is 5.39 Å². The lowest BCUT2D eigenvalue weighted by molar-refractivity contribution is -0.264. The lowest BCUT2D eigenvalue weighted by atomic mass is 10.1. The third-order valence-corrected chi connectivity index (χ3v) is 3.88. The van der Waals surface area contributed by atoms with Crippen LogP contribution in [0.4, 0.5) is 5.69 Å². The molecule has 0 heterocycles. The molecule has 0 N–H and O–H groups in total. The molecule has 0 aliphatic carbocycles. The normalized spacial score (nSPS) is 11.3. The number of diazo groups is 1. The molecule has 0 saturated heterocycles. The van der Waals surface area contributed by atoms with Gasteiger partial charge in [-0.15, -0.1) is 0 Å². The third kappa shape index (κ3) is 1.77. The van der Waals surface area contributed by atoms with Crippen molar-refractivity contribution in [3.05, 3.63) is 35.3 Å². The van der Waals surface area contributed by atoms with Crippen LogP contribution in [-0.2, 0) is 14.3 Å². The van der Waals surface area contributed by atoms with Crippen LogP contribution in [0, 0.1) is 5.39 Å². The number of benzene rings is 2. The monoisotopic (exact) mass is 264 g/mol. The van der Waals surface area contributed by atoms with Gasteiger partial charge in [-0.1, -0.05) is 12.1 Å². The maximum atomic E-state index is 11.8. The predicted molar refractivity (Wildman–Crippen MR) is 62.3 cm³/mol. The molecular formula is C11H8N2O4S. The summed E-state index contributed by atoms with van der Waals surface area (Å²) in [5.41, 5.74) is -0.144. The van der Waals surface area contributed by atoms with E-state index in [0.717, 1.165) is 7.11 Å². The van der Waals surface area contributed by atoms with Crippen LogP contribution in [-0.4, -0.2) is 15.5 Å². The fraction of sp³-hybridized carbons (Fsp3) is 0.0909. The van der Waals surface area contributed by atoms with Crippen LogP contribution in [0.1, 0.15) is 0 Å². The van der Waals surface area contributed by atoms with E-state index < -0.39 is 15.9 Å². The Labute approximate surface area is 103 Å². The van der Waals surface area contributed by atoms with Gasteiger partial charge in [-0.2, -0.15) is 8.42 Å². The van der Waals surface area contributed by atoms with Crippen LogP contribution >= 0.6 is 0 Å². The van der Waals surface area contributed by atoms with Crippen molar-refractivity contribution in [3.63, 3.8) is 0 Å². The summed E-state index contributed by atoms with van der Waals surface area (Å²) >= 11 is 0. The zero-order valence-electron chi connectivity index (χ0n) is 9.32. The van der Waals surface area contributed by atoms with Gasteiger partial charge in [0.15, 0.2) is 4.98 Å². The number of rotatable bonds is 2. The van der Waals surface area contributed by atoms with Crippen LogP contribution in [0.15, 0.2) is 35.2 Å². The van der Waals surface area contributed by atoms with E-state index in [2.05, 4.69) is 9.16 Å². The van der Waals surface area contributed by atoms with E-state index in [-0.39, 0.29) is 21.4 Å². The van der Waals surface area contributed by atoms with Gasteiger partial charge in [0, 0.05) is 11.5 Å². The first-order valence-electron chi connectivity index (χ1n) is 4.89. The molecule has 0 aliphatic rings. The van der Waals surface area contributed by atoms with E-state index in [9.17, 15) is 13.5 Å². The van der Waals surface area contributed by atoms with Gasteiger partial charge >= 0.3 is 5.69 Å². The average Bonchev–Trinajstić information content (AvgIpc) is 2.39. The molecule has 0 radical (unpaired) electrons. The number of nitrogens with zero attached hydrogens (tertiary/aromatic N) is 2. The average molecular weight is 264 g/mol. The number of hydrogen-bond donors (Lipinski definition) is 0. The van der Waals surface area contributed by atoms with Crippen molar-refractivity contribution in [2.24, 2.45) is 0 Å². The Bertz CT molecular complexity index is 762. The van der Waals surface area contributed by atoms with Gasteiger partial charge in [-0.05, 0) is 23.3 Å². The molecule has 0 fully saturated rings. The Morgan fingerprint density at radius 1 is 1.22 bits per heavy atom. The van der Waals surface area contributed by atoms with Gasteiger partial charge in [0.05, 0.1) is 7.11 Å². The van der Waals surface area contributed by atoms with Crippen LogP contribution in [0.2, 0.25) is 0 Å². The predicted octanol–water partition coefficient (Wildman–Crippen LogP) is 1.73. The molecule has 0 aliphatic heterocycles. The maximum Gasteiger partial charge on any atom is 0.378 e. The van der Waals surface area contributed by atoms with Crippen molar-refractivity contribution in [2.45, 2.75) is 4.90 Å². The molecule has 2 rings (SSSR count). The summed E-state index contributed by atoms with van der Waals surface area (Å²) in [5.74, 6) is -0.539. The lowest BCUT2D eigenvalue weighted by Gasteiger charge is -2.10. The first kappa shape index (κ1) is 12.3. The highest BCUT2D eigenvalue weighted by Gasteiger charge is 2.18. The summed E-state index contributed by atoms with van der Waals surface area (Å²) in [6, 6.07) is 6.88. The summed E-state index contributed by atoms with van der Waals surface area (Å²) in [7, 11) is -2.85. The van der Waals surface area contributed by atoms with Gasteiger partial charge in [0.25, 0.3) is 10.1 Å². The van der Waals surface area contributed by atoms with Crippen molar-refractivity contribution < 1.29 is 17.7 Å². The molecule has 0 aromatic heterocycles. The SMILES string of the molecule is COS(=O)(=O)c1cccc2c([O-])c([N+]#N)ccc12. The van der Waals surface area contributed by atoms with Crippen LogP contribution in [0.3, 0.4) is 0 Å². The lowest BCUT2D eigenvalue weighted by Crippen LogP contribution is -2.04. The van der Waals surface area contributed by atoms with E-state index in [0.29, 0.717) is 0 Å². The van der Waals surface area contributed by atoms with Crippen LogP contribution < -0.4 is 5.11 Å². The zero-order chi connectivity index (χ0) is 13.3. The second kappa shape index (κ2) is 4.25. The second-order valence-corrected chi connectivity index (χ2v) is 5.17. The Kier molecular flexibility index (Phi) is 2.90. The largest absolute Gasteiger partial charge is 0.867 e. The van der Waals surface area contributed by atoms with Crippen molar-refractivity contribution in [1.29, 1.82) is 5.39 Å². The van der Waals surface area contributed by atoms with Gasteiger partial charge in [-0.3, -0.25) is 4.18 Å². The van der Waals surface area contributed by atoms with Crippen molar-refractivity contribution in [2.75, 3.05) is 7.11 Å². The van der Waals surface area contributed by atoms with Gasteiger partial charge in [-0.25, -0.2) is 0 Å². The molecule has 0 bridgehead atoms. The minimum atomic E-state index is -3.89. The molecule has 0 spiro atoms. The molecule has 7 heteroatoms. The van der Waals surface area contributed by atoms with E-state index in [1.54, 1.807) is 0 Å². The smallest absolute Gasteiger partial charge is 0.378 e. The Hall–Kier alpha value is -2.17. The summed E-state index contributed by atoms with van der Waals surface area (Å²) < 4.78 is 27.8. The Morgan fingerprint density at radius 3 is 2.56 bits per heavy atom. The second-order valence-electron chi connectivity index (χ2n) is 3.49. The molecular weight excluding hydrogens is 256 g/mol. The van der Waals surface area contributed by atoms with Crippen LogP contribution in [0.25, 0.3) is 15.7 Å². The molecule has 2 aromatic rings. The highest BCUT2D eigenvalue weighted by atomic mass is 32.2. The molecule has 18 heavy (non-hydrogen) atoms. The standard InChI is InChI=1S/C11H8N2O4S/c1-17-18(15,16)10-4-2-3-8-7(10)5-6-9(13-12)11(8)14/h2-6H,1H3. The highest BCUT2D eigenvalue weighted by Crippen LogP contribution is 2.35. The molecule has 0 atom stereocenters. The third-order valence-electron chi connectivity index (χ3n) is 2.55. The first-order chi connectivity index (χ1) is 8.51. The van der Waals surface area contributed by atoms with Crippen molar-refractivity contribution in [3.8, 4) is 5.75 Å². The summed E-state index contributed by atoms with van der Waals surface area (Å²) in [6.45, 7) is 0. The van der Waals surface area contributed by atoms with E-state index in [1.807, 2.05) is 0 Å². The van der Waals surface area contributed by atoms with E-state index in [1.165, 1.54) is 30.3 Å². The minimum Gasteiger partial charge on any atom is -0.867 e. The van der Waals surface area contributed by atoms with Crippen LogP contribution in [0.5, 0.6) is 5.75 Å². The quantitative estimate of drug-likeness (QED) is 0.608. The molecule has 2 aromatic carbocycles. The molecule has 0 unspecified atom stereocenters. The molecule has 0 amide bonds. The Morgan fingerprint density at radius 2 is 1.94 bits per heavy atom. The summed E-state index contributed by atoms with van der Waals surface area (Å²) in [6.07, 6.45) is 0. The van der Waals surface area contributed by atoms with Gasteiger partial charge in [0.1, 0.15) is 4.90 Å². The fourth-order valence-corrected chi connectivity index (χ4v) is 2.55. The molecule has 0 saturated carbocycles. The molecule has 92 valence electrons. The maximum absolute atomic E-state index is 11.8. The fourth-order valence-electron chi connectivity index (χ4n) is 1.68. The number of hydrogen-bond acceptors (Lipinski definition) is 5. The Balaban J connectivity index is 2.90.